The zero-order valence-electron chi connectivity index (χ0n) is 10.5. The number of carbonyl (C=O) groups is 1. The van der Waals surface area contributed by atoms with Crippen molar-refractivity contribution in [1.29, 1.82) is 0 Å². The number of nitrogens with zero attached hydrogens (tertiary/aromatic N) is 1. The molecule has 2 rings (SSSR count). The van der Waals surface area contributed by atoms with Gasteiger partial charge in [-0.05, 0) is 36.4 Å². The summed E-state index contributed by atoms with van der Waals surface area (Å²) >= 11 is 0. The van der Waals surface area contributed by atoms with Crippen LogP contribution in [-0.4, -0.2) is 25.6 Å². The van der Waals surface area contributed by atoms with Crippen molar-refractivity contribution >= 4 is 21.4 Å². The van der Waals surface area contributed by atoms with Crippen LogP contribution in [0.25, 0.3) is 0 Å². The second kappa shape index (κ2) is 5.38. The molecule has 0 fully saturated rings. The molecule has 0 radical (unpaired) electrons. The van der Waals surface area contributed by atoms with E-state index in [9.17, 15) is 17.6 Å². The molecule has 0 bridgehead atoms. The number of pyridine rings is 1. The van der Waals surface area contributed by atoms with Crippen LogP contribution < -0.4 is 5.32 Å². The smallest absolute Gasteiger partial charge is 0.255 e. The minimum absolute atomic E-state index is 0.137. The summed E-state index contributed by atoms with van der Waals surface area (Å²) in [5.41, 5.74) is 0.644. The van der Waals surface area contributed by atoms with Crippen molar-refractivity contribution in [3.05, 3.63) is 54.1 Å². The van der Waals surface area contributed by atoms with Gasteiger partial charge in [0.2, 0.25) is 5.95 Å². The second-order valence-electron chi connectivity index (χ2n) is 4.12. The quantitative estimate of drug-likeness (QED) is 0.877. The standard InChI is InChI=1S/C13H11FN2O3S/c1-20(18,19)11-5-2-9(3-6-11)13(17)16-10-4-7-12(14)15-8-10/h2-8H,1H3,(H,16,17). The summed E-state index contributed by atoms with van der Waals surface area (Å²) in [6.45, 7) is 0. The molecule has 2 aromatic rings. The first-order valence-electron chi connectivity index (χ1n) is 5.59. The Hall–Kier alpha value is -2.28. The second-order valence-corrected chi connectivity index (χ2v) is 6.14. The van der Waals surface area contributed by atoms with E-state index in [0.717, 1.165) is 12.3 Å². The Morgan fingerprint density at radius 1 is 1.15 bits per heavy atom. The number of nitrogens with one attached hydrogen (secondary N) is 1. The molecule has 0 saturated carbocycles. The predicted octanol–water partition coefficient (Wildman–Crippen LogP) is 1.88. The monoisotopic (exact) mass is 294 g/mol. The van der Waals surface area contributed by atoms with Crippen molar-refractivity contribution in [2.24, 2.45) is 0 Å². The van der Waals surface area contributed by atoms with Crippen LogP contribution in [0.1, 0.15) is 10.4 Å². The molecule has 1 aromatic carbocycles. The van der Waals surface area contributed by atoms with Gasteiger partial charge < -0.3 is 5.32 Å². The number of benzene rings is 1. The van der Waals surface area contributed by atoms with E-state index >= 15 is 0 Å². The number of amides is 1. The van der Waals surface area contributed by atoms with Crippen LogP contribution in [0.5, 0.6) is 0 Å². The fourth-order valence-electron chi connectivity index (χ4n) is 1.51. The maximum atomic E-state index is 12.6. The number of aromatic nitrogens is 1. The Morgan fingerprint density at radius 3 is 2.30 bits per heavy atom. The topological polar surface area (TPSA) is 76.1 Å². The molecule has 1 N–H and O–H groups in total. The number of sulfone groups is 1. The highest BCUT2D eigenvalue weighted by molar-refractivity contribution is 7.90. The summed E-state index contributed by atoms with van der Waals surface area (Å²) in [4.78, 5) is 15.4. The Kier molecular flexibility index (Phi) is 3.80. The summed E-state index contributed by atoms with van der Waals surface area (Å²) in [6, 6.07) is 8.03. The van der Waals surface area contributed by atoms with Gasteiger partial charge in [0.25, 0.3) is 5.91 Å². The zero-order valence-corrected chi connectivity index (χ0v) is 11.3. The summed E-state index contributed by atoms with van der Waals surface area (Å²) in [6.07, 6.45) is 2.28. The minimum Gasteiger partial charge on any atom is -0.321 e. The number of carbonyl (C=O) groups excluding carboxylic acids is 1. The van der Waals surface area contributed by atoms with E-state index < -0.39 is 21.7 Å². The molecule has 0 aliphatic rings. The molecule has 7 heteroatoms. The maximum absolute atomic E-state index is 12.6. The number of anilines is 1. The first kappa shape index (κ1) is 14.1. The van der Waals surface area contributed by atoms with Crippen LogP contribution in [0.3, 0.4) is 0 Å². The highest BCUT2D eigenvalue weighted by Gasteiger charge is 2.10. The van der Waals surface area contributed by atoms with Crippen molar-refractivity contribution in [2.75, 3.05) is 11.6 Å². The van der Waals surface area contributed by atoms with Gasteiger partial charge >= 0.3 is 0 Å². The minimum atomic E-state index is -3.29. The third-order valence-corrected chi connectivity index (χ3v) is 3.66. The molecule has 0 aliphatic heterocycles. The van der Waals surface area contributed by atoms with Gasteiger partial charge in [0.05, 0.1) is 16.8 Å². The highest BCUT2D eigenvalue weighted by atomic mass is 32.2. The fraction of sp³-hybridized carbons (Fsp3) is 0.0769. The number of hydrogen-bond acceptors (Lipinski definition) is 4. The van der Waals surface area contributed by atoms with E-state index in [0.29, 0.717) is 11.3 Å². The van der Waals surface area contributed by atoms with E-state index in [1.165, 1.54) is 36.5 Å². The third kappa shape index (κ3) is 3.39. The van der Waals surface area contributed by atoms with Crippen molar-refractivity contribution in [2.45, 2.75) is 4.90 Å². The molecule has 1 amide bonds. The van der Waals surface area contributed by atoms with Crippen LogP contribution in [0.15, 0.2) is 47.5 Å². The lowest BCUT2D eigenvalue weighted by atomic mass is 10.2. The Balaban J connectivity index is 2.15. The summed E-state index contributed by atoms with van der Waals surface area (Å²) < 4.78 is 35.2. The SMILES string of the molecule is CS(=O)(=O)c1ccc(C(=O)Nc2ccc(F)nc2)cc1. The molecule has 0 saturated heterocycles. The molecular formula is C13H11FN2O3S. The zero-order chi connectivity index (χ0) is 14.8. The van der Waals surface area contributed by atoms with Crippen molar-refractivity contribution < 1.29 is 17.6 Å². The molecule has 20 heavy (non-hydrogen) atoms. The van der Waals surface area contributed by atoms with E-state index in [1.54, 1.807) is 0 Å². The van der Waals surface area contributed by atoms with Crippen molar-refractivity contribution in [3.63, 3.8) is 0 Å². The van der Waals surface area contributed by atoms with Gasteiger partial charge in [-0.15, -0.1) is 0 Å². The van der Waals surface area contributed by atoms with Crippen LogP contribution in [0, 0.1) is 5.95 Å². The van der Waals surface area contributed by atoms with Gasteiger partial charge in [-0.3, -0.25) is 4.79 Å². The molecule has 0 aliphatic carbocycles. The van der Waals surface area contributed by atoms with Crippen molar-refractivity contribution in [1.82, 2.24) is 4.98 Å². The summed E-state index contributed by atoms with van der Waals surface area (Å²) in [5.74, 6) is -1.07. The normalized spacial score (nSPS) is 11.1. The van der Waals surface area contributed by atoms with Gasteiger partial charge in [-0.2, -0.15) is 4.39 Å². The Labute approximate surface area is 115 Å². The molecule has 0 unspecified atom stereocenters. The van der Waals surface area contributed by atoms with E-state index in [-0.39, 0.29) is 4.90 Å². The average Bonchev–Trinajstić information content (AvgIpc) is 2.40. The molecule has 5 nitrogen and oxygen atoms in total. The van der Waals surface area contributed by atoms with Gasteiger partial charge in [0, 0.05) is 11.8 Å². The molecule has 0 spiro atoms. The van der Waals surface area contributed by atoms with E-state index in [4.69, 9.17) is 0 Å². The van der Waals surface area contributed by atoms with Gasteiger partial charge in [-0.25, -0.2) is 13.4 Å². The molecule has 1 aromatic heterocycles. The number of hydrogen-bond donors (Lipinski definition) is 1. The molecule has 1 heterocycles. The van der Waals surface area contributed by atoms with Crippen molar-refractivity contribution in [3.8, 4) is 0 Å². The summed E-state index contributed by atoms with van der Waals surface area (Å²) in [7, 11) is -3.29. The van der Waals surface area contributed by atoms with E-state index in [1.807, 2.05) is 0 Å². The van der Waals surface area contributed by atoms with E-state index in [2.05, 4.69) is 10.3 Å². The van der Waals surface area contributed by atoms with Crippen LogP contribution >= 0.6 is 0 Å². The van der Waals surface area contributed by atoms with Crippen LogP contribution in [0.2, 0.25) is 0 Å². The first-order valence-corrected chi connectivity index (χ1v) is 7.48. The molecule has 0 atom stereocenters. The van der Waals surface area contributed by atoms with Gasteiger partial charge in [0.15, 0.2) is 9.84 Å². The Morgan fingerprint density at radius 2 is 1.80 bits per heavy atom. The fourth-order valence-corrected chi connectivity index (χ4v) is 2.14. The lowest BCUT2D eigenvalue weighted by molar-refractivity contribution is 0.102. The number of halogens is 1. The first-order chi connectivity index (χ1) is 9.36. The number of rotatable bonds is 3. The predicted molar refractivity (Wildman–Crippen MR) is 71.7 cm³/mol. The van der Waals surface area contributed by atoms with Gasteiger partial charge in [0.1, 0.15) is 0 Å². The molecule has 104 valence electrons. The van der Waals surface area contributed by atoms with Crippen LogP contribution in [0.4, 0.5) is 10.1 Å². The molecular weight excluding hydrogens is 283 g/mol. The average molecular weight is 294 g/mol. The summed E-state index contributed by atoms with van der Waals surface area (Å²) in [5, 5.41) is 2.53. The lowest BCUT2D eigenvalue weighted by Crippen LogP contribution is -2.12. The maximum Gasteiger partial charge on any atom is 0.255 e. The lowest BCUT2D eigenvalue weighted by Gasteiger charge is -2.05. The highest BCUT2D eigenvalue weighted by Crippen LogP contribution is 2.12. The Bertz CT molecular complexity index is 725. The third-order valence-electron chi connectivity index (χ3n) is 2.53. The largest absolute Gasteiger partial charge is 0.321 e. The van der Waals surface area contributed by atoms with Crippen LogP contribution in [-0.2, 0) is 9.84 Å². The van der Waals surface area contributed by atoms with Gasteiger partial charge in [-0.1, -0.05) is 0 Å².